The highest BCUT2D eigenvalue weighted by atomic mass is 32.2. The van der Waals surface area contributed by atoms with Crippen molar-refractivity contribution in [1.29, 1.82) is 0 Å². The molecule has 1 aromatic heterocycles. The summed E-state index contributed by atoms with van der Waals surface area (Å²) in [5, 5.41) is 20.6. The molecular formula is C15H17N3O4S2. The molecule has 1 amide bonds. The summed E-state index contributed by atoms with van der Waals surface area (Å²) in [6.45, 7) is 1.01. The second-order valence-electron chi connectivity index (χ2n) is 5.55. The van der Waals surface area contributed by atoms with E-state index in [2.05, 4.69) is 10.6 Å². The van der Waals surface area contributed by atoms with Gasteiger partial charge in [0.1, 0.15) is 4.21 Å². The third-order valence-corrected chi connectivity index (χ3v) is 6.36. The molecule has 3 rings (SSSR count). The Bertz CT molecular complexity index is 846. The van der Waals surface area contributed by atoms with E-state index in [1.54, 1.807) is 30.3 Å². The SMILES string of the molecule is NS(=O)(=O)c1ccc(-c2ccc(C(=O)NC3CNCC3O)cc2)s1. The van der Waals surface area contributed by atoms with E-state index in [-0.39, 0.29) is 16.2 Å². The normalized spacial score (nSPS) is 20.9. The molecule has 1 aliphatic rings. The second-order valence-corrected chi connectivity index (χ2v) is 8.42. The Kier molecular flexibility index (Phi) is 4.70. The number of hydrogen-bond donors (Lipinski definition) is 4. The van der Waals surface area contributed by atoms with Gasteiger partial charge in [0.25, 0.3) is 5.91 Å². The molecule has 5 N–H and O–H groups in total. The van der Waals surface area contributed by atoms with Crippen molar-refractivity contribution in [3.8, 4) is 10.4 Å². The Labute approximate surface area is 143 Å². The largest absolute Gasteiger partial charge is 0.390 e. The first kappa shape index (κ1) is 17.1. The third kappa shape index (κ3) is 3.65. The van der Waals surface area contributed by atoms with Crippen LogP contribution < -0.4 is 15.8 Å². The molecule has 1 aliphatic heterocycles. The van der Waals surface area contributed by atoms with Crippen LogP contribution in [0.2, 0.25) is 0 Å². The molecule has 0 bridgehead atoms. The summed E-state index contributed by atoms with van der Waals surface area (Å²) in [7, 11) is -3.71. The van der Waals surface area contributed by atoms with E-state index in [0.29, 0.717) is 18.7 Å². The number of sulfonamides is 1. The van der Waals surface area contributed by atoms with Crippen LogP contribution in [0.1, 0.15) is 10.4 Å². The fraction of sp³-hybridized carbons (Fsp3) is 0.267. The molecule has 0 saturated carbocycles. The third-order valence-electron chi connectivity index (χ3n) is 3.79. The van der Waals surface area contributed by atoms with Crippen LogP contribution in [0.4, 0.5) is 0 Å². The Morgan fingerprint density at radius 3 is 2.46 bits per heavy atom. The summed E-state index contributed by atoms with van der Waals surface area (Å²) in [4.78, 5) is 12.9. The molecule has 1 fully saturated rings. The van der Waals surface area contributed by atoms with Crippen LogP contribution in [0.5, 0.6) is 0 Å². The fourth-order valence-electron chi connectivity index (χ4n) is 2.48. The molecule has 1 aromatic carbocycles. The van der Waals surface area contributed by atoms with Gasteiger partial charge in [0.15, 0.2) is 0 Å². The van der Waals surface area contributed by atoms with Crippen LogP contribution in [0.25, 0.3) is 10.4 Å². The predicted molar refractivity (Wildman–Crippen MR) is 91.3 cm³/mol. The lowest BCUT2D eigenvalue weighted by Crippen LogP contribution is -2.42. The fourth-order valence-corrected chi connectivity index (χ4v) is 4.21. The highest BCUT2D eigenvalue weighted by molar-refractivity contribution is 7.91. The molecule has 0 radical (unpaired) electrons. The van der Waals surface area contributed by atoms with Crippen molar-refractivity contribution in [3.05, 3.63) is 42.0 Å². The molecule has 0 aliphatic carbocycles. The number of nitrogens with two attached hydrogens (primary N) is 1. The molecule has 7 nitrogen and oxygen atoms in total. The first-order valence-electron chi connectivity index (χ1n) is 7.27. The van der Waals surface area contributed by atoms with Gasteiger partial charge in [-0.15, -0.1) is 11.3 Å². The number of primary sulfonamides is 1. The highest BCUT2D eigenvalue weighted by Crippen LogP contribution is 2.30. The van der Waals surface area contributed by atoms with Gasteiger partial charge in [0.2, 0.25) is 10.0 Å². The van der Waals surface area contributed by atoms with E-state index >= 15 is 0 Å². The first-order chi connectivity index (χ1) is 11.3. The van der Waals surface area contributed by atoms with Crippen LogP contribution in [0, 0.1) is 0 Å². The van der Waals surface area contributed by atoms with Crippen molar-refractivity contribution < 1.29 is 18.3 Å². The zero-order chi connectivity index (χ0) is 17.3. The number of nitrogens with one attached hydrogen (secondary N) is 2. The number of aliphatic hydroxyl groups excluding tert-OH is 1. The van der Waals surface area contributed by atoms with Crippen LogP contribution in [-0.4, -0.2) is 44.7 Å². The van der Waals surface area contributed by atoms with E-state index < -0.39 is 16.1 Å². The number of benzene rings is 1. The number of rotatable bonds is 4. The Hall–Kier alpha value is -1.78. The van der Waals surface area contributed by atoms with Crippen molar-refractivity contribution in [2.24, 2.45) is 5.14 Å². The molecule has 9 heteroatoms. The monoisotopic (exact) mass is 367 g/mol. The number of carbonyl (C=O) groups excluding carboxylic acids is 1. The van der Waals surface area contributed by atoms with E-state index in [1.165, 1.54) is 6.07 Å². The van der Waals surface area contributed by atoms with E-state index in [9.17, 15) is 18.3 Å². The standard InChI is InChI=1S/C15H17N3O4S2/c16-24(21,22)14-6-5-13(23-14)9-1-3-10(4-2-9)15(20)18-11-7-17-8-12(11)19/h1-6,11-12,17,19H,7-8H2,(H,18,20)(H2,16,21,22). The van der Waals surface area contributed by atoms with Gasteiger partial charge < -0.3 is 15.7 Å². The maximum atomic E-state index is 12.2. The van der Waals surface area contributed by atoms with Gasteiger partial charge in [-0.3, -0.25) is 4.79 Å². The molecule has 2 atom stereocenters. The Balaban J connectivity index is 1.73. The average molecular weight is 367 g/mol. The minimum atomic E-state index is -3.71. The topological polar surface area (TPSA) is 122 Å². The van der Waals surface area contributed by atoms with Crippen molar-refractivity contribution in [3.63, 3.8) is 0 Å². The summed E-state index contributed by atoms with van der Waals surface area (Å²) in [6.07, 6.45) is -0.587. The van der Waals surface area contributed by atoms with Gasteiger partial charge in [-0.1, -0.05) is 12.1 Å². The van der Waals surface area contributed by atoms with Crippen molar-refractivity contribution in [1.82, 2.24) is 10.6 Å². The number of amides is 1. The summed E-state index contributed by atoms with van der Waals surface area (Å²) in [5.74, 6) is -0.259. The average Bonchev–Trinajstić information content (AvgIpc) is 3.17. The van der Waals surface area contributed by atoms with Crippen molar-refractivity contribution in [2.45, 2.75) is 16.4 Å². The number of hydrogen-bond acceptors (Lipinski definition) is 6. The minimum Gasteiger partial charge on any atom is -0.390 e. The van der Waals surface area contributed by atoms with Crippen LogP contribution in [0.3, 0.4) is 0 Å². The maximum Gasteiger partial charge on any atom is 0.251 e. The van der Waals surface area contributed by atoms with Crippen LogP contribution >= 0.6 is 11.3 Å². The summed E-state index contributed by atoms with van der Waals surface area (Å²) < 4.78 is 22.7. The summed E-state index contributed by atoms with van der Waals surface area (Å²) in [6, 6.07) is 9.66. The van der Waals surface area contributed by atoms with Gasteiger partial charge in [-0.25, -0.2) is 13.6 Å². The Morgan fingerprint density at radius 2 is 1.92 bits per heavy atom. The summed E-state index contributed by atoms with van der Waals surface area (Å²) >= 11 is 1.08. The molecule has 0 spiro atoms. The van der Waals surface area contributed by atoms with Gasteiger partial charge >= 0.3 is 0 Å². The molecule has 128 valence electrons. The Morgan fingerprint density at radius 1 is 1.21 bits per heavy atom. The lowest BCUT2D eigenvalue weighted by molar-refractivity contribution is 0.0888. The smallest absolute Gasteiger partial charge is 0.251 e. The van der Waals surface area contributed by atoms with Crippen LogP contribution in [0.15, 0.2) is 40.6 Å². The highest BCUT2D eigenvalue weighted by Gasteiger charge is 2.26. The molecule has 24 heavy (non-hydrogen) atoms. The lowest BCUT2D eigenvalue weighted by Gasteiger charge is -2.15. The number of β-amino-alcohol motifs (C(OH)–C–C–N with tert-alkyl or cyclic N) is 1. The quantitative estimate of drug-likeness (QED) is 0.612. The molecule has 2 unspecified atom stereocenters. The number of thiophene rings is 1. The van der Waals surface area contributed by atoms with Gasteiger partial charge in [0.05, 0.1) is 12.1 Å². The van der Waals surface area contributed by atoms with E-state index in [1.807, 2.05) is 0 Å². The van der Waals surface area contributed by atoms with E-state index in [0.717, 1.165) is 21.8 Å². The minimum absolute atomic E-state index is 0.0991. The van der Waals surface area contributed by atoms with Crippen LogP contribution in [-0.2, 0) is 10.0 Å². The molecule has 2 heterocycles. The van der Waals surface area contributed by atoms with Crippen molar-refractivity contribution >= 4 is 27.3 Å². The van der Waals surface area contributed by atoms with Crippen molar-refractivity contribution in [2.75, 3.05) is 13.1 Å². The lowest BCUT2D eigenvalue weighted by atomic mass is 10.1. The molecular weight excluding hydrogens is 350 g/mol. The zero-order valence-electron chi connectivity index (χ0n) is 12.6. The second kappa shape index (κ2) is 6.61. The molecule has 1 saturated heterocycles. The number of aliphatic hydroxyl groups is 1. The molecule has 2 aromatic rings. The van der Waals surface area contributed by atoms with Gasteiger partial charge in [-0.2, -0.15) is 0 Å². The van der Waals surface area contributed by atoms with Gasteiger partial charge in [0, 0.05) is 23.5 Å². The predicted octanol–water partition coefficient (Wildman–Crippen LogP) is 0.125. The van der Waals surface area contributed by atoms with E-state index in [4.69, 9.17) is 5.14 Å². The maximum absolute atomic E-state index is 12.2. The first-order valence-corrected chi connectivity index (χ1v) is 9.63. The zero-order valence-corrected chi connectivity index (χ0v) is 14.2. The van der Waals surface area contributed by atoms with Gasteiger partial charge in [-0.05, 0) is 29.8 Å². The number of carbonyl (C=O) groups is 1. The summed E-state index contributed by atoms with van der Waals surface area (Å²) in [5.41, 5.74) is 1.27.